The van der Waals surface area contributed by atoms with E-state index >= 15 is 0 Å². The number of imide groups is 1. The topological polar surface area (TPSA) is 96.8 Å². The summed E-state index contributed by atoms with van der Waals surface area (Å²) in [6, 6.07) is 11.7. The Morgan fingerprint density at radius 3 is 2.62 bits per heavy atom. The zero-order valence-electron chi connectivity index (χ0n) is 18.6. The van der Waals surface area contributed by atoms with Crippen LogP contribution in [0.4, 0.5) is 10.1 Å². The van der Waals surface area contributed by atoms with Gasteiger partial charge in [-0.2, -0.15) is 5.26 Å². The second-order valence-electron chi connectivity index (χ2n) is 8.93. The van der Waals surface area contributed by atoms with Gasteiger partial charge in [0.05, 0.1) is 11.6 Å². The summed E-state index contributed by atoms with van der Waals surface area (Å²) in [5.41, 5.74) is 3.41. The van der Waals surface area contributed by atoms with Gasteiger partial charge in [0.25, 0.3) is 5.91 Å². The maximum absolute atomic E-state index is 14.5. The number of nitriles is 1. The Morgan fingerprint density at radius 2 is 1.88 bits per heavy atom. The van der Waals surface area contributed by atoms with Gasteiger partial charge in [0.15, 0.2) is 0 Å². The van der Waals surface area contributed by atoms with Crippen LogP contribution in [0, 0.1) is 17.1 Å². The molecule has 2 aromatic rings. The van der Waals surface area contributed by atoms with Gasteiger partial charge >= 0.3 is 0 Å². The molecule has 0 radical (unpaired) electrons. The van der Waals surface area contributed by atoms with Crippen LogP contribution in [0.5, 0.6) is 0 Å². The van der Waals surface area contributed by atoms with E-state index in [1.165, 1.54) is 17.0 Å². The second kappa shape index (κ2) is 8.88. The Morgan fingerprint density at radius 1 is 1.09 bits per heavy atom. The molecular weight excluding hydrogens is 437 g/mol. The van der Waals surface area contributed by atoms with E-state index in [0.29, 0.717) is 24.3 Å². The standard InChI is InChI=1S/C25H24FN5O3/c26-18-11-19-20(15-31(25(19)34)21-4-5-23(32)28-24(21)33)22(12-18)30-8-6-29(7-9-30)14-17-3-1-2-16(10-17)13-27/h1-3,10-12,21H,4-9,14-15H2,(H,28,32,33). The Bertz CT molecular complexity index is 1220. The lowest BCUT2D eigenvalue weighted by atomic mass is 10.0. The molecule has 0 bridgehead atoms. The largest absolute Gasteiger partial charge is 0.369 e. The first-order valence-electron chi connectivity index (χ1n) is 11.4. The van der Waals surface area contributed by atoms with Crippen LogP contribution in [0.1, 0.15) is 39.9 Å². The van der Waals surface area contributed by atoms with Gasteiger partial charge in [-0.05, 0) is 36.2 Å². The normalized spacial score (nSPS) is 20.8. The molecule has 8 nitrogen and oxygen atoms in total. The van der Waals surface area contributed by atoms with E-state index in [-0.39, 0.29) is 36.8 Å². The molecule has 1 atom stereocenters. The molecule has 3 aliphatic rings. The number of halogens is 1. The fraction of sp³-hybridized carbons (Fsp3) is 0.360. The Kier molecular flexibility index (Phi) is 5.75. The lowest BCUT2D eigenvalue weighted by molar-refractivity contribution is -0.136. The lowest BCUT2D eigenvalue weighted by Crippen LogP contribution is -2.52. The molecule has 2 saturated heterocycles. The van der Waals surface area contributed by atoms with E-state index in [1.54, 1.807) is 6.07 Å². The number of nitrogens with one attached hydrogen (secondary N) is 1. The van der Waals surface area contributed by atoms with Crippen LogP contribution in [0.15, 0.2) is 36.4 Å². The third-order valence-electron chi connectivity index (χ3n) is 6.77. The molecule has 0 aromatic heterocycles. The highest BCUT2D eigenvalue weighted by molar-refractivity contribution is 6.06. The number of benzene rings is 2. The number of amides is 3. The summed E-state index contributed by atoms with van der Waals surface area (Å²) in [5.74, 6) is -1.67. The summed E-state index contributed by atoms with van der Waals surface area (Å²) in [6.45, 7) is 3.80. The molecule has 0 aliphatic carbocycles. The number of carbonyl (C=O) groups is 3. The predicted molar refractivity (Wildman–Crippen MR) is 121 cm³/mol. The zero-order valence-corrected chi connectivity index (χ0v) is 18.6. The van der Waals surface area contributed by atoms with E-state index in [1.807, 2.05) is 18.2 Å². The molecule has 2 fully saturated rings. The van der Waals surface area contributed by atoms with Crippen molar-refractivity contribution >= 4 is 23.4 Å². The van der Waals surface area contributed by atoms with E-state index in [4.69, 9.17) is 5.26 Å². The fourth-order valence-electron chi connectivity index (χ4n) is 5.03. The van der Waals surface area contributed by atoms with Gasteiger partial charge in [0.1, 0.15) is 11.9 Å². The summed E-state index contributed by atoms with van der Waals surface area (Å²) in [7, 11) is 0. The minimum atomic E-state index is -0.727. The molecular formula is C25H24FN5O3. The summed E-state index contributed by atoms with van der Waals surface area (Å²) in [5, 5.41) is 11.4. The first-order chi connectivity index (χ1) is 16.4. The van der Waals surface area contributed by atoms with Gasteiger partial charge in [-0.1, -0.05) is 12.1 Å². The quantitative estimate of drug-likeness (QED) is 0.698. The Balaban J connectivity index is 1.31. The number of piperidine rings is 1. The summed E-state index contributed by atoms with van der Waals surface area (Å²) in [6.07, 6.45) is 0.449. The maximum Gasteiger partial charge on any atom is 0.255 e. The molecule has 3 heterocycles. The molecule has 1 N–H and O–H groups in total. The van der Waals surface area contributed by atoms with Crippen molar-refractivity contribution < 1.29 is 18.8 Å². The Hall–Kier alpha value is -3.77. The van der Waals surface area contributed by atoms with Crippen molar-refractivity contribution in [3.05, 3.63) is 64.5 Å². The van der Waals surface area contributed by atoms with Crippen LogP contribution < -0.4 is 10.2 Å². The molecule has 3 amide bonds. The average molecular weight is 461 g/mol. The van der Waals surface area contributed by atoms with Gasteiger partial charge < -0.3 is 9.80 Å². The van der Waals surface area contributed by atoms with Crippen LogP contribution in [0.25, 0.3) is 0 Å². The average Bonchev–Trinajstić information content (AvgIpc) is 3.15. The molecule has 3 aliphatic heterocycles. The third kappa shape index (κ3) is 4.13. The number of anilines is 1. The van der Waals surface area contributed by atoms with Crippen LogP contribution in [-0.4, -0.2) is 59.7 Å². The number of nitrogens with zero attached hydrogens (tertiary/aromatic N) is 4. The lowest BCUT2D eigenvalue weighted by Gasteiger charge is -2.37. The predicted octanol–water partition coefficient (Wildman–Crippen LogP) is 1.78. The van der Waals surface area contributed by atoms with E-state index in [9.17, 15) is 18.8 Å². The molecule has 0 saturated carbocycles. The summed E-state index contributed by atoms with van der Waals surface area (Å²) >= 11 is 0. The fourth-order valence-corrected chi connectivity index (χ4v) is 5.03. The highest BCUT2D eigenvalue weighted by atomic mass is 19.1. The number of piperazine rings is 1. The van der Waals surface area contributed by atoms with E-state index in [2.05, 4.69) is 21.2 Å². The molecule has 1 unspecified atom stereocenters. The van der Waals surface area contributed by atoms with Crippen LogP contribution in [0.3, 0.4) is 0 Å². The second-order valence-corrected chi connectivity index (χ2v) is 8.93. The molecule has 9 heteroatoms. The van der Waals surface area contributed by atoms with Crippen LogP contribution in [0.2, 0.25) is 0 Å². The van der Waals surface area contributed by atoms with Crippen LogP contribution >= 0.6 is 0 Å². The van der Waals surface area contributed by atoms with Crippen molar-refractivity contribution in [2.24, 2.45) is 0 Å². The van der Waals surface area contributed by atoms with Gasteiger partial charge in [-0.25, -0.2) is 4.39 Å². The van der Waals surface area contributed by atoms with Gasteiger partial charge in [-0.3, -0.25) is 24.6 Å². The maximum atomic E-state index is 14.5. The first kappa shape index (κ1) is 22.0. The van der Waals surface area contributed by atoms with Crippen LogP contribution in [-0.2, 0) is 22.7 Å². The minimum absolute atomic E-state index is 0.178. The summed E-state index contributed by atoms with van der Waals surface area (Å²) < 4.78 is 14.5. The van der Waals surface area contributed by atoms with Crippen molar-refractivity contribution in [2.75, 3.05) is 31.1 Å². The number of carbonyl (C=O) groups excluding carboxylic acids is 3. The highest BCUT2D eigenvalue weighted by Gasteiger charge is 2.41. The van der Waals surface area contributed by atoms with E-state index in [0.717, 1.165) is 30.8 Å². The smallest absolute Gasteiger partial charge is 0.255 e. The number of rotatable bonds is 4. The Labute approximate surface area is 196 Å². The van der Waals surface area contributed by atoms with Crippen molar-refractivity contribution in [2.45, 2.75) is 32.0 Å². The minimum Gasteiger partial charge on any atom is -0.369 e. The van der Waals surface area contributed by atoms with Crippen molar-refractivity contribution in [1.82, 2.24) is 15.1 Å². The number of hydrogen-bond acceptors (Lipinski definition) is 6. The van der Waals surface area contributed by atoms with Crippen molar-refractivity contribution in [3.63, 3.8) is 0 Å². The highest BCUT2D eigenvalue weighted by Crippen LogP contribution is 2.35. The van der Waals surface area contributed by atoms with Gasteiger partial charge in [-0.15, -0.1) is 0 Å². The van der Waals surface area contributed by atoms with E-state index < -0.39 is 17.8 Å². The first-order valence-corrected chi connectivity index (χ1v) is 11.4. The summed E-state index contributed by atoms with van der Waals surface area (Å²) in [4.78, 5) is 42.7. The molecule has 5 rings (SSSR count). The third-order valence-corrected chi connectivity index (χ3v) is 6.77. The molecule has 34 heavy (non-hydrogen) atoms. The SMILES string of the molecule is N#Cc1cccc(CN2CCN(c3cc(F)cc4c3CN(C3CCC(=O)NC3=O)C4=O)CC2)c1. The molecule has 2 aromatic carbocycles. The monoisotopic (exact) mass is 461 g/mol. The van der Waals surface area contributed by atoms with Crippen molar-refractivity contribution in [3.8, 4) is 6.07 Å². The molecule has 174 valence electrons. The number of fused-ring (bicyclic) bond motifs is 1. The van der Waals surface area contributed by atoms with Crippen molar-refractivity contribution in [1.29, 1.82) is 5.26 Å². The van der Waals surface area contributed by atoms with Gasteiger partial charge in [0, 0.05) is 62.5 Å². The van der Waals surface area contributed by atoms with Gasteiger partial charge in [0.2, 0.25) is 11.8 Å². The zero-order chi connectivity index (χ0) is 23.8. The molecule has 0 spiro atoms. The number of hydrogen-bond donors (Lipinski definition) is 1.